The van der Waals surface area contributed by atoms with Gasteiger partial charge in [-0.25, -0.2) is 4.98 Å². The van der Waals surface area contributed by atoms with Gasteiger partial charge >= 0.3 is 5.97 Å². The van der Waals surface area contributed by atoms with Gasteiger partial charge in [0.1, 0.15) is 54.4 Å². The summed E-state index contributed by atoms with van der Waals surface area (Å²) in [5.41, 5.74) is 11.7. The van der Waals surface area contributed by atoms with Crippen LogP contribution in [0.5, 0.6) is 0 Å². The maximum absolute atomic E-state index is 14.7. The molecule has 12 atom stereocenters. The fourth-order valence-electron chi connectivity index (χ4n) is 9.50. The zero-order valence-electron chi connectivity index (χ0n) is 47.5. The number of carboxylic acid groups (broad SMARTS) is 1. The van der Waals surface area contributed by atoms with E-state index in [0.717, 1.165) is 23.6 Å². The number of aliphatic hydroxyl groups is 3. The van der Waals surface area contributed by atoms with Crippen LogP contribution in [0.2, 0.25) is 0 Å². The molecule has 32 heteroatoms. The van der Waals surface area contributed by atoms with Gasteiger partial charge < -0.3 is 83.5 Å². The average Bonchev–Trinajstić information content (AvgIpc) is 4.30. The van der Waals surface area contributed by atoms with Crippen LogP contribution in [0.15, 0.2) is 12.5 Å². The van der Waals surface area contributed by atoms with Crippen LogP contribution >= 0.6 is 33.3 Å². The number of aromatic nitrogens is 2. The summed E-state index contributed by atoms with van der Waals surface area (Å²) in [6.45, 7) is 9.31. The third kappa shape index (κ3) is 20.9. The number of carbonyl (C=O) groups excluding carboxylic acids is 11. The third-order valence-electron chi connectivity index (χ3n) is 13.8. The molecule has 0 spiro atoms. The van der Waals surface area contributed by atoms with Crippen LogP contribution in [0.3, 0.4) is 0 Å². The molecule has 0 aliphatic carbocycles. The fraction of sp³-hybridized carbons (Fsp3) is 0.706. The second-order valence-corrected chi connectivity index (χ2v) is 25.9. The molecule has 3 fully saturated rings. The summed E-state index contributed by atoms with van der Waals surface area (Å²) in [6, 6.07) is -13.7. The van der Waals surface area contributed by atoms with Crippen LogP contribution in [-0.2, 0) is 64.0 Å². The van der Waals surface area contributed by atoms with Crippen molar-refractivity contribution in [2.24, 2.45) is 11.5 Å². The van der Waals surface area contributed by atoms with Gasteiger partial charge in [-0.05, 0) is 71.0 Å². The van der Waals surface area contributed by atoms with E-state index in [-0.39, 0.29) is 75.1 Å². The first-order chi connectivity index (χ1) is 39.1. The summed E-state index contributed by atoms with van der Waals surface area (Å²) in [6.07, 6.45) is -0.423. The van der Waals surface area contributed by atoms with Crippen molar-refractivity contribution in [3.63, 3.8) is 0 Å². The minimum absolute atomic E-state index is 0.0349. The molecule has 4 rings (SSSR count). The number of amides is 10. The number of aliphatic hydroxyl groups excluding tert-OH is 3. The maximum Gasteiger partial charge on any atom is 0.303 e. The molecule has 0 aromatic carbocycles. The lowest BCUT2D eigenvalue weighted by Gasteiger charge is -2.34. The molecule has 0 bridgehead atoms. The molecule has 464 valence electrons. The lowest BCUT2D eigenvalue weighted by atomic mass is 10.1. The van der Waals surface area contributed by atoms with Crippen molar-refractivity contribution in [1.29, 1.82) is 0 Å². The molecule has 3 aliphatic heterocycles. The third-order valence-corrected chi connectivity index (χ3v) is 18.0. The van der Waals surface area contributed by atoms with Gasteiger partial charge in [-0.3, -0.25) is 57.5 Å². The summed E-state index contributed by atoms with van der Waals surface area (Å²) in [7, 11) is 2.76. The molecule has 4 heterocycles. The van der Waals surface area contributed by atoms with Crippen LogP contribution in [0.4, 0.5) is 0 Å². The Labute approximate surface area is 493 Å². The number of primary amides is 1. The zero-order chi connectivity index (χ0) is 61.9. The number of carbonyl (C=O) groups is 12. The molecule has 3 saturated heterocycles. The minimum atomic E-state index is -1.74. The number of nitrogens with two attached hydrogens (primary N) is 2. The predicted octanol–water partition coefficient (Wildman–Crippen LogP) is -3.49. The molecule has 10 amide bonds. The Kier molecular flexibility index (Phi) is 27.5. The predicted molar refractivity (Wildman–Crippen MR) is 305 cm³/mol. The van der Waals surface area contributed by atoms with Crippen LogP contribution < -0.4 is 43.4 Å². The van der Waals surface area contributed by atoms with E-state index >= 15 is 0 Å². The Morgan fingerprint density at radius 1 is 0.699 bits per heavy atom. The van der Waals surface area contributed by atoms with E-state index in [1.165, 1.54) is 50.8 Å². The average molecular weight is 1230 g/mol. The molecule has 1 aromatic rings. The number of thioether (sulfide) groups is 1. The van der Waals surface area contributed by atoms with Gasteiger partial charge in [-0.15, -0.1) is 0 Å². The van der Waals surface area contributed by atoms with Gasteiger partial charge in [-0.2, -0.15) is 0 Å². The highest BCUT2D eigenvalue weighted by atomic mass is 33.1. The van der Waals surface area contributed by atoms with Crippen molar-refractivity contribution in [1.82, 2.24) is 56.6 Å². The highest BCUT2D eigenvalue weighted by Gasteiger charge is 2.46. The van der Waals surface area contributed by atoms with Crippen molar-refractivity contribution in [3.05, 3.63) is 18.2 Å². The first-order valence-corrected chi connectivity index (χ1v) is 30.8. The molecule has 83 heavy (non-hydrogen) atoms. The van der Waals surface area contributed by atoms with Gasteiger partial charge in [0, 0.05) is 55.6 Å². The molecular formula is C51H81N13O16S3. The number of likely N-dealkylation sites (tertiary alicyclic amines) is 3. The van der Waals surface area contributed by atoms with Crippen molar-refractivity contribution < 1.29 is 78.0 Å². The number of carboxylic acids is 1. The number of imidazole rings is 1. The van der Waals surface area contributed by atoms with Crippen LogP contribution in [-0.4, -0.2) is 230 Å². The van der Waals surface area contributed by atoms with Crippen LogP contribution in [0, 0.1) is 0 Å². The smallest absolute Gasteiger partial charge is 0.303 e. The van der Waals surface area contributed by atoms with Gasteiger partial charge in [0.25, 0.3) is 0 Å². The summed E-state index contributed by atoms with van der Waals surface area (Å²) in [5.74, 6) is -9.12. The van der Waals surface area contributed by atoms with Gasteiger partial charge in [0.15, 0.2) is 0 Å². The number of nitrogens with zero attached hydrogens (tertiary/aromatic N) is 4. The van der Waals surface area contributed by atoms with E-state index in [0.29, 0.717) is 24.3 Å². The zero-order valence-corrected chi connectivity index (χ0v) is 49.9. The van der Waals surface area contributed by atoms with Gasteiger partial charge in [0.05, 0.1) is 36.9 Å². The Morgan fingerprint density at radius 2 is 1.25 bits per heavy atom. The van der Waals surface area contributed by atoms with Crippen molar-refractivity contribution in [3.8, 4) is 0 Å². The molecule has 15 N–H and O–H groups in total. The second-order valence-electron chi connectivity index (χ2n) is 21.5. The summed E-state index contributed by atoms with van der Waals surface area (Å²) >= 11 is 0.818. The minimum Gasteiger partial charge on any atom is -0.481 e. The number of rotatable bonds is 31. The number of H-pyrrole nitrogens is 1. The van der Waals surface area contributed by atoms with E-state index < -0.39 is 162 Å². The summed E-state index contributed by atoms with van der Waals surface area (Å²) in [4.78, 5) is 172. The Hall–Kier alpha value is -6.06. The highest BCUT2D eigenvalue weighted by molar-refractivity contribution is 8.77. The Morgan fingerprint density at radius 3 is 1.81 bits per heavy atom. The first kappa shape index (κ1) is 69.4. The van der Waals surface area contributed by atoms with Crippen molar-refractivity contribution in [2.75, 3.05) is 37.7 Å². The monoisotopic (exact) mass is 1230 g/mol. The molecule has 1 aromatic heterocycles. The quantitative estimate of drug-likeness (QED) is 0.0321. The first-order valence-electron chi connectivity index (χ1n) is 27.5. The lowest BCUT2D eigenvalue weighted by Crippen LogP contribution is -2.62. The van der Waals surface area contributed by atoms with E-state index in [9.17, 15) is 78.0 Å². The standard InChI is InChI=1S/C51H81N13O16S3/c1-7-81-50(80)32(23-65)58-46(76)39(26(2)66)60-42(72)30(15-17-38(69)70)56-44(74)34-11-9-19-63(34)49(79)40(27(3)67)61-45(75)35-12-8-18-62(35)48(78)36-13-10-20-64(36)47(77)33(24-82-83-51(4,5)6)59-43(73)31(21-28-22-54-25-55-28)57-41(71)29(52)14-16-37(53)68/h22,25-27,29-36,39-40,65-67H,7-21,23-24,52H2,1-6H3,(H2,53,68)(H,54,55)(H,56,74)(H,57,71)(H,58,76)(H,59,73)(H,60,72)(H,61,75)(H,69,70)/t26-,27-,29+,30+,31+,32+,33+,34+,35+,36+,39+,40+/m1/s1. The van der Waals surface area contributed by atoms with Crippen molar-refractivity contribution >= 4 is 104 Å². The summed E-state index contributed by atoms with van der Waals surface area (Å²) < 4.78 is -0.271. The number of hydrogen-bond acceptors (Lipinski definition) is 20. The molecule has 0 saturated carbocycles. The van der Waals surface area contributed by atoms with Crippen LogP contribution in [0.25, 0.3) is 0 Å². The molecule has 0 unspecified atom stereocenters. The number of aliphatic carboxylic acids is 1. The largest absolute Gasteiger partial charge is 0.481 e. The van der Waals surface area contributed by atoms with Gasteiger partial charge in [0.2, 0.25) is 64.2 Å². The van der Waals surface area contributed by atoms with Gasteiger partial charge in [-0.1, -0.05) is 61.0 Å². The van der Waals surface area contributed by atoms with Crippen molar-refractivity contribution in [2.45, 2.75) is 190 Å². The Bertz CT molecular complexity index is 2470. The SMILES string of the molecule is CCSC(=O)[C@H](CO)NC(=O)[C@@H](NC(=O)[C@H](CCC(=O)O)NC(=O)[C@@H]1CCCN1C(=O)[C@@H](NC(=O)[C@@H]1CCCN1C(=O)[C@@H]1CCCN1C(=O)[C@H](CSSC(C)(C)C)NC(=O)[C@H](Cc1c[nH]cn1)NC(=O)[C@@H](N)CCC(N)=O)[C@@H](C)O)[C@@H](C)O. The second kappa shape index (κ2) is 32.9. The number of aromatic amines is 1. The molecular weight excluding hydrogens is 1150 g/mol. The molecule has 3 aliphatic rings. The van der Waals surface area contributed by atoms with E-state index in [2.05, 4.69) is 41.9 Å². The molecule has 0 radical (unpaired) electrons. The fourth-order valence-corrected chi connectivity index (χ4v) is 12.6. The maximum atomic E-state index is 14.7. The molecule has 29 nitrogen and oxygen atoms in total. The van der Waals surface area contributed by atoms with E-state index in [1.807, 2.05) is 20.8 Å². The number of nitrogens with one attached hydrogen (secondary N) is 7. The lowest BCUT2D eigenvalue weighted by molar-refractivity contribution is -0.149. The topological polar surface area (TPSA) is 448 Å². The van der Waals surface area contributed by atoms with E-state index in [1.54, 1.807) is 6.92 Å². The normalized spacial score (nSPS) is 20.3. The van der Waals surface area contributed by atoms with E-state index in [4.69, 9.17) is 11.5 Å². The van der Waals surface area contributed by atoms with Crippen LogP contribution in [0.1, 0.15) is 111 Å². The summed E-state index contributed by atoms with van der Waals surface area (Å²) in [5, 5.41) is 55.0. The highest BCUT2D eigenvalue weighted by Crippen LogP contribution is 2.36. The Balaban J connectivity index is 1.50. The number of hydrogen-bond donors (Lipinski definition) is 13.